The molecule has 1 aromatic rings. The summed E-state index contributed by atoms with van der Waals surface area (Å²) in [5, 5.41) is 2.94. The number of hydrogen-bond acceptors (Lipinski definition) is 3. The molecule has 15 heavy (non-hydrogen) atoms. The van der Waals surface area contributed by atoms with Crippen molar-refractivity contribution in [3.63, 3.8) is 0 Å². The zero-order valence-electron chi connectivity index (χ0n) is 9.00. The average Bonchev–Trinajstić information content (AvgIpc) is 2.53. The molecule has 1 aliphatic rings. The van der Waals surface area contributed by atoms with Gasteiger partial charge in [-0.05, 0) is 25.0 Å². The molecule has 1 fully saturated rings. The van der Waals surface area contributed by atoms with Gasteiger partial charge >= 0.3 is 0 Å². The molecule has 0 radical (unpaired) electrons. The molecule has 0 atom stereocenters. The van der Waals surface area contributed by atoms with Crippen LogP contribution in [0.4, 0.5) is 0 Å². The van der Waals surface area contributed by atoms with Crippen molar-refractivity contribution in [1.29, 1.82) is 0 Å². The monoisotopic (exact) mass is 225 g/mol. The maximum Gasteiger partial charge on any atom is 0.261 e. The van der Waals surface area contributed by atoms with E-state index in [1.54, 1.807) is 11.3 Å². The van der Waals surface area contributed by atoms with Gasteiger partial charge in [-0.15, -0.1) is 11.3 Å². The summed E-state index contributed by atoms with van der Waals surface area (Å²) in [6.45, 7) is 5.47. The summed E-state index contributed by atoms with van der Waals surface area (Å²) in [6, 6.07) is 2.21. The second-order valence-corrected chi connectivity index (χ2v) is 5.01. The molecule has 1 N–H and O–H groups in total. The lowest BCUT2D eigenvalue weighted by Gasteiger charge is -2.26. The van der Waals surface area contributed by atoms with Crippen molar-refractivity contribution in [2.24, 2.45) is 0 Å². The van der Waals surface area contributed by atoms with Gasteiger partial charge < -0.3 is 10.1 Å². The average molecular weight is 225 g/mol. The molecule has 0 saturated carbocycles. The second kappa shape index (κ2) is 4.33. The van der Waals surface area contributed by atoms with E-state index in [0.717, 1.165) is 11.3 Å². The molecule has 2 heterocycles. The van der Waals surface area contributed by atoms with E-state index < -0.39 is 0 Å². The second-order valence-electron chi connectivity index (χ2n) is 3.75. The fourth-order valence-corrected chi connectivity index (χ4v) is 2.58. The summed E-state index contributed by atoms with van der Waals surface area (Å²) in [6.07, 6.45) is 0.988. The Balaban J connectivity index is 2.04. The van der Waals surface area contributed by atoms with Crippen LogP contribution in [0.1, 0.15) is 27.0 Å². The van der Waals surface area contributed by atoms with Crippen LogP contribution in [0.25, 0.3) is 0 Å². The molecular weight excluding hydrogens is 210 g/mol. The van der Waals surface area contributed by atoms with E-state index in [9.17, 15) is 4.79 Å². The minimum atomic E-state index is 0.0381. The first-order valence-corrected chi connectivity index (χ1v) is 6.00. The van der Waals surface area contributed by atoms with Crippen molar-refractivity contribution in [1.82, 2.24) is 5.32 Å². The molecule has 4 heteroatoms. The topological polar surface area (TPSA) is 38.3 Å². The van der Waals surface area contributed by atoms with Crippen LogP contribution < -0.4 is 5.32 Å². The first-order valence-electron chi connectivity index (χ1n) is 5.18. The molecule has 0 unspecified atom stereocenters. The van der Waals surface area contributed by atoms with Crippen LogP contribution in [-0.2, 0) is 11.2 Å². The largest absolute Gasteiger partial charge is 0.377 e. The van der Waals surface area contributed by atoms with E-state index in [1.165, 1.54) is 10.4 Å². The van der Waals surface area contributed by atoms with E-state index in [4.69, 9.17) is 4.74 Å². The van der Waals surface area contributed by atoms with Gasteiger partial charge in [-0.25, -0.2) is 0 Å². The summed E-state index contributed by atoms with van der Waals surface area (Å²) < 4.78 is 5.01. The zero-order valence-corrected chi connectivity index (χ0v) is 9.82. The lowest BCUT2D eigenvalue weighted by atomic mass is 10.2. The van der Waals surface area contributed by atoms with Gasteiger partial charge in [0.15, 0.2) is 0 Å². The molecule has 1 aliphatic heterocycles. The third kappa shape index (κ3) is 2.21. The van der Waals surface area contributed by atoms with Gasteiger partial charge in [0.25, 0.3) is 5.91 Å². The number of rotatable bonds is 3. The van der Waals surface area contributed by atoms with Crippen molar-refractivity contribution >= 4 is 17.2 Å². The Labute approximate surface area is 93.4 Å². The zero-order chi connectivity index (χ0) is 10.8. The van der Waals surface area contributed by atoms with Crippen molar-refractivity contribution in [2.45, 2.75) is 26.3 Å². The van der Waals surface area contributed by atoms with Crippen molar-refractivity contribution in [3.05, 3.63) is 21.4 Å². The number of amides is 1. The third-order valence-corrected chi connectivity index (χ3v) is 3.69. The summed E-state index contributed by atoms with van der Waals surface area (Å²) in [5.41, 5.74) is 1.27. The summed E-state index contributed by atoms with van der Waals surface area (Å²) in [7, 11) is 0. The predicted octanol–water partition coefficient (Wildman–Crippen LogP) is 1.75. The number of thiophene rings is 1. The van der Waals surface area contributed by atoms with Crippen molar-refractivity contribution in [3.8, 4) is 0 Å². The van der Waals surface area contributed by atoms with E-state index in [0.29, 0.717) is 13.2 Å². The number of aryl methyl sites for hydroxylation is 2. The maximum atomic E-state index is 11.8. The minimum absolute atomic E-state index is 0.0381. The molecule has 1 amide bonds. The Hall–Kier alpha value is -0.870. The summed E-state index contributed by atoms with van der Waals surface area (Å²) >= 11 is 1.57. The van der Waals surface area contributed by atoms with Gasteiger partial charge in [0.2, 0.25) is 0 Å². The van der Waals surface area contributed by atoms with Gasteiger partial charge in [0.05, 0.1) is 24.1 Å². The number of hydrogen-bond donors (Lipinski definition) is 1. The number of carbonyl (C=O) groups is 1. The Morgan fingerprint density at radius 3 is 2.87 bits per heavy atom. The normalized spacial score (nSPS) is 16.1. The summed E-state index contributed by atoms with van der Waals surface area (Å²) in [5.74, 6) is 0.0381. The fourth-order valence-electron chi connectivity index (χ4n) is 1.56. The van der Waals surface area contributed by atoms with E-state index in [-0.39, 0.29) is 11.9 Å². The lowest BCUT2D eigenvalue weighted by Crippen LogP contribution is -2.48. The Kier molecular flexibility index (Phi) is 3.07. The maximum absolute atomic E-state index is 11.8. The molecule has 0 spiro atoms. The van der Waals surface area contributed by atoms with Crippen molar-refractivity contribution in [2.75, 3.05) is 13.2 Å². The van der Waals surface area contributed by atoms with Crippen LogP contribution >= 0.6 is 11.3 Å². The smallest absolute Gasteiger partial charge is 0.261 e. The standard InChI is InChI=1S/C11H15NO2S/c1-3-8-4-10(15-7(8)2)11(13)12-9-5-14-6-9/h4,9H,3,5-6H2,1-2H3,(H,12,13). The highest BCUT2D eigenvalue weighted by atomic mass is 32.1. The Morgan fingerprint density at radius 2 is 2.40 bits per heavy atom. The first-order chi connectivity index (χ1) is 7.20. The molecule has 0 aliphatic carbocycles. The number of nitrogens with one attached hydrogen (secondary N) is 1. The molecule has 2 rings (SSSR count). The lowest BCUT2D eigenvalue weighted by molar-refractivity contribution is -0.00339. The highest BCUT2D eigenvalue weighted by Gasteiger charge is 2.22. The molecular formula is C11H15NO2S. The highest BCUT2D eigenvalue weighted by molar-refractivity contribution is 7.14. The summed E-state index contributed by atoms with van der Waals surface area (Å²) in [4.78, 5) is 13.8. The first kappa shape index (κ1) is 10.6. The van der Waals surface area contributed by atoms with Gasteiger partial charge in [0, 0.05) is 4.88 Å². The molecule has 1 aromatic heterocycles. The molecule has 1 saturated heterocycles. The van der Waals surface area contributed by atoms with Crippen LogP contribution in [0.5, 0.6) is 0 Å². The molecule has 0 aromatic carbocycles. The van der Waals surface area contributed by atoms with E-state index in [1.807, 2.05) is 6.07 Å². The number of ether oxygens (including phenoxy) is 1. The third-order valence-electron chi connectivity index (χ3n) is 2.60. The fraction of sp³-hybridized carbons (Fsp3) is 0.545. The van der Waals surface area contributed by atoms with Crippen LogP contribution in [0.2, 0.25) is 0 Å². The van der Waals surface area contributed by atoms with Crippen LogP contribution in [0.3, 0.4) is 0 Å². The van der Waals surface area contributed by atoms with Crippen LogP contribution in [0, 0.1) is 6.92 Å². The Morgan fingerprint density at radius 1 is 1.67 bits per heavy atom. The molecule has 82 valence electrons. The van der Waals surface area contributed by atoms with E-state index >= 15 is 0 Å². The molecule has 3 nitrogen and oxygen atoms in total. The van der Waals surface area contributed by atoms with Gasteiger partial charge in [-0.1, -0.05) is 6.92 Å². The van der Waals surface area contributed by atoms with Gasteiger partial charge in [-0.3, -0.25) is 4.79 Å². The molecule has 0 bridgehead atoms. The van der Waals surface area contributed by atoms with Gasteiger partial charge in [-0.2, -0.15) is 0 Å². The number of carbonyl (C=O) groups excluding carboxylic acids is 1. The van der Waals surface area contributed by atoms with E-state index in [2.05, 4.69) is 19.2 Å². The van der Waals surface area contributed by atoms with Crippen molar-refractivity contribution < 1.29 is 9.53 Å². The minimum Gasteiger partial charge on any atom is -0.377 e. The predicted molar refractivity (Wildman–Crippen MR) is 60.5 cm³/mol. The van der Waals surface area contributed by atoms with Gasteiger partial charge in [0.1, 0.15) is 0 Å². The quantitative estimate of drug-likeness (QED) is 0.851. The van der Waals surface area contributed by atoms with Crippen LogP contribution in [-0.4, -0.2) is 25.2 Å². The Bertz CT molecular complexity index is 369. The van der Waals surface area contributed by atoms with Crippen LogP contribution in [0.15, 0.2) is 6.07 Å². The SMILES string of the molecule is CCc1cc(C(=O)NC2COC2)sc1C. The highest BCUT2D eigenvalue weighted by Crippen LogP contribution is 2.22.